The van der Waals surface area contributed by atoms with Crippen molar-refractivity contribution < 1.29 is 0 Å². The molecule has 0 saturated heterocycles. The molecule has 102 valence electrons. The van der Waals surface area contributed by atoms with E-state index < -0.39 is 0 Å². The van der Waals surface area contributed by atoms with Gasteiger partial charge in [0.05, 0.1) is 0 Å². The minimum absolute atomic E-state index is 0.602. The average molecular weight is 250 g/mol. The summed E-state index contributed by atoms with van der Waals surface area (Å²) in [6.07, 6.45) is 6.33. The van der Waals surface area contributed by atoms with Gasteiger partial charge >= 0.3 is 0 Å². The SMILES string of the molecule is C/C(=C\N)C(C)C.CC/C(C)=C\c1ncnn1C. The summed E-state index contributed by atoms with van der Waals surface area (Å²) in [5.41, 5.74) is 7.78. The number of nitrogens with two attached hydrogens (primary N) is 1. The molecular formula is C14H26N4. The quantitative estimate of drug-likeness (QED) is 0.896. The number of aryl methyl sites for hydroxylation is 1. The van der Waals surface area contributed by atoms with Gasteiger partial charge in [0.2, 0.25) is 0 Å². The maximum Gasteiger partial charge on any atom is 0.150 e. The van der Waals surface area contributed by atoms with Crippen LogP contribution in [0.3, 0.4) is 0 Å². The largest absolute Gasteiger partial charge is 0.405 e. The Balaban J connectivity index is 0.000000360. The normalized spacial score (nSPS) is 12.4. The molecule has 18 heavy (non-hydrogen) atoms. The fourth-order valence-corrected chi connectivity index (χ4v) is 0.951. The summed E-state index contributed by atoms with van der Waals surface area (Å²) in [6.45, 7) is 10.5. The number of nitrogens with zero attached hydrogens (tertiary/aromatic N) is 3. The van der Waals surface area contributed by atoms with Crippen LogP contribution in [0.4, 0.5) is 0 Å². The van der Waals surface area contributed by atoms with E-state index in [1.807, 2.05) is 20.0 Å². The Hall–Kier alpha value is -1.58. The first-order valence-corrected chi connectivity index (χ1v) is 6.31. The molecule has 0 amide bonds. The van der Waals surface area contributed by atoms with E-state index >= 15 is 0 Å². The lowest BCUT2D eigenvalue weighted by Gasteiger charge is -2.00. The lowest BCUT2D eigenvalue weighted by Crippen LogP contribution is -1.93. The van der Waals surface area contributed by atoms with E-state index in [4.69, 9.17) is 5.73 Å². The maximum atomic E-state index is 5.21. The summed E-state index contributed by atoms with van der Waals surface area (Å²) in [5, 5.41) is 3.96. The molecule has 0 atom stereocenters. The topological polar surface area (TPSA) is 56.7 Å². The Kier molecular flexibility index (Phi) is 7.76. The molecule has 0 aromatic carbocycles. The fourth-order valence-electron chi connectivity index (χ4n) is 0.951. The van der Waals surface area contributed by atoms with Crippen LogP contribution >= 0.6 is 0 Å². The molecule has 0 aliphatic carbocycles. The highest BCUT2D eigenvalue weighted by molar-refractivity contribution is 5.43. The molecule has 1 aromatic rings. The zero-order valence-electron chi connectivity index (χ0n) is 12.4. The molecule has 0 aliphatic heterocycles. The van der Waals surface area contributed by atoms with Gasteiger partial charge in [0.25, 0.3) is 0 Å². The van der Waals surface area contributed by atoms with Gasteiger partial charge in [-0.1, -0.05) is 31.9 Å². The van der Waals surface area contributed by atoms with Crippen molar-refractivity contribution in [2.24, 2.45) is 18.7 Å². The summed E-state index contributed by atoms with van der Waals surface area (Å²) in [5.74, 6) is 1.52. The van der Waals surface area contributed by atoms with Gasteiger partial charge in [0.1, 0.15) is 12.2 Å². The molecule has 0 spiro atoms. The molecule has 2 N–H and O–H groups in total. The minimum Gasteiger partial charge on any atom is -0.405 e. The van der Waals surface area contributed by atoms with E-state index in [2.05, 4.69) is 37.8 Å². The van der Waals surface area contributed by atoms with Crippen LogP contribution in [0.15, 0.2) is 23.7 Å². The van der Waals surface area contributed by atoms with Crippen molar-refractivity contribution in [3.63, 3.8) is 0 Å². The van der Waals surface area contributed by atoms with Crippen molar-refractivity contribution in [2.45, 2.75) is 41.0 Å². The van der Waals surface area contributed by atoms with Crippen molar-refractivity contribution >= 4 is 6.08 Å². The maximum absolute atomic E-state index is 5.21. The third kappa shape index (κ3) is 6.23. The van der Waals surface area contributed by atoms with Crippen LogP contribution in [0.2, 0.25) is 0 Å². The smallest absolute Gasteiger partial charge is 0.150 e. The van der Waals surface area contributed by atoms with Crippen molar-refractivity contribution in [1.82, 2.24) is 14.8 Å². The first-order valence-electron chi connectivity index (χ1n) is 6.31. The van der Waals surface area contributed by atoms with E-state index in [1.165, 1.54) is 11.1 Å². The Bertz CT molecular complexity index is 400. The van der Waals surface area contributed by atoms with Gasteiger partial charge in [-0.2, -0.15) is 5.10 Å². The van der Waals surface area contributed by atoms with Crippen LogP contribution in [0.25, 0.3) is 6.08 Å². The predicted molar refractivity (Wildman–Crippen MR) is 77.7 cm³/mol. The van der Waals surface area contributed by atoms with Gasteiger partial charge in [0.15, 0.2) is 0 Å². The van der Waals surface area contributed by atoms with Crippen LogP contribution in [0.1, 0.15) is 46.9 Å². The van der Waals surface area contributed by atoms with E-state index in [9.17, 15) is 0 Å². The Morgan fingerprint density at radius 1 is 1.44 bits per heavy atom. The van der Waals surface area contributed by atoms with Gasteiger partial charge in [-0.15, -0.1) is 0 Å². The molecule has 1 aromatic heterocycles. The fraction of sp³-hybridized carbons (Fsp3) is 0.571. The van der Waals surface area contributed by atoms with Crippen LogP contribution in [0, 0.1) is 5.92 Å². The summed E-state index contributed by atoms with van der Waals surface area (Å²) in [7, 11) is 1.89. The molecular weight excluding hydrogens is 224 g/mol. The Labute approximate surface area is 111 Å². The van der Waals surface area contributed by atoms with Crippen LogP contribution < -0.4 is 5.73 Å². The zero-order chi connectivity index (χ0) is 14.1. The van der Waals surface area contributed by atoms with Crippen LogP contribution in [0.5, 0.6) is 0 Å². The van der Waals surface area contributed by atoms with E-state index in [0.717, 1.165) is 12.2 Å². The first kappa shape index (κ1) is 16.4. The van der Waals surface area contributed by atoms with Gasteiger partial charge in [0, 0.05) is 7.05 Å². The number of aromatic nitrogens is 3. The second-order valence-electron chi connectivity index (χ2n) is 4.65. The van der Waals surface area contributed by atoms with Crippen molar-refractivity contribution in [2.75, 3.05) is 0 Å². The second-order valence-corrected chi connectivity index (χ2v) is 4.65. The average Bonchev–Trinajstić information content (AvgIpc) is 2.74. The van der Waals surface area contributed by atoms with Crippen molar-refractivity contribution in [1.29, 1.82) is 0 Å². The monoisotopic (exact) mass is 250 g/mol. The molecule has 0 radical (unpaired) electrons. The zero-order valence-corrected chi connectivity index (χ0v) is 12.4. The third-order valence-corrected chi connectivity index (χ3v) is 2.85. The van der Waals surface area contributed by atoms with Gasteiger partial charge < -0.3 is 5.73 Å². The Morgan fingerprint density at radius 3 is 2.33 bits per heavy atom. The lowest BCUT2D eigenvalue weighted by molar-refractivity contribution is 0.755. The van der Waals surface area contributed by atoms with E-state index in [1.54, 1.807) is 17.2 Å². The second kappa shape index (κ2) is 8.50. The number of allylic oxidation sites excluding steroid dienone is 2. The molecule has 4 heteroatoms. The molecule has 1 heterocycles. The molecule has 0 aliphatic rings. The van der Waals surface area contributed by atoms with Crippen molar-refractivity contribution in [3.05, 3.63) is 29.5 Å². The third-order valence-electron chi connectivity index (χ3n) is 2.85. The summed E-state index contributed by atoms with van der Waals surface area (Å²) in [4.78, 5) is 4.08. The molecule has 0 fully saturated rings. The van der Waals surface area contributed by atoms with Crippen molar-refractivity contribution in [3.8, 4) is 0 Å². The molecule has 0 bridgehead atoms. The van der Waals surface area contributed by atoms with Crippen LogP contribution in [-0.4, -0.2) is 14.8 Å². The summed E-state index contributed by atoms with van der Waals surface area (Å²) >= 11 is 0. The predicted octanol–water partition coefficient (Wildman–Crippen LogP) is 3.13. The van der Waals surface area contributed by atoms with Gasteiger partial charge in [-0.05, 0) is 38.5 Å². The van der Waals surface area contributed by atoms with Crippen LogP contribution in [-0.2, 0) is 7.05 Å². The van der Waals surface area contributed by atoms with Gasteiger partial charge in [-0.3, -0.25) is 0 Å². The number of rotatable bonds is 3. The molecule has 1 rings (SSSR count). The number of hydrogen-bond acceptors (Lipinski definition) is 3. The molecule has 0 unspecified atom stereocenters. The first-order chi connectivity index (χ1) is 8.42. The van der Waals surface area contributed by atoms with E-state index in [0.29, 0.717) is 5.92 Å². The molecule has 0 saturated carbocycles. The Morgan fingerprint density at radius 2 is 2.06 bits per heavy atom. The highest BCUT2D eigenvalue weighted by Crippen LogP contribution is 2.04. The summed E-state index contributed by atoms with van der Waals surface area (Å²) < 4.78 is 1.76. The summed E-state index contributed by atoms with van der Waals surface area (Å²) in [6, 6.07) is 0. The minimum atomic E-state index is 0.602. The molecule has 4 nitrogen and oxygen atoms in total. The number of hydrogen-bond donors (Lipinski definition) is 1. The highest BCUT2D eigenvalue weighted by atomic mass is 15.3. The highest BCUT2D eigenvalue weighted by Gasteiger charge is 1.94. The van der Waals surface area contributed by atoms with E-state index in [-0.39, 0.29) is 0 Å². The lowest BCUT2D eigenvalue weighted by atomic mass is 10.1. The van der Waals surface area contributed by atoms with Gasteiger partial charge in [-0.25, -0.2) is 9.67 Å². The standard InChI is InChI=1S/C8H13N3.C6H13N/c1-4-7(2)5-8-9-6-10-11(8)3;1-5(2)6(3)4-7/h5-6H,4H2,1-3H3;4-5H,7H2,1-3H3/b7-5-;6-4+.